The van der Waals surface area contributed by atoms with E-state index in [0.717, 1.165) is 18.6 Å². The van der Waals surface area contributed by atoms with Crippen molar-refractivity contribution in [2.24, 2.45) is 0 Å². The molecule has 1 aromatic rings. The van der Waals surface area contributed by atoms with Crippen molar-refractivity contribution >= 4 is 11.8 Å². The zero-order valence-corrected chi connectivity index (χ0v) is 13.5. The fraction of sp³-hybridized carbons (Fsp3) is 0.647. The van der Waals surface area contributed by atoms with Crippen LogP contribution in [0.3, 0.4) is 0 Å². The molecule has 0 aliphatic carbocycles. The van der Waals surface area contributed by atoms with Gasteiger partial charge in [-0.3, -0.25) is 0 Å². The first-order chi connectivity index (χ1) is 9.76. The number of rotatable bonds is 4. The van der Waals surface area contributed by atoms with Gasteiger partial charge < -0.3 is 10.2 Å². The molecular weight excluding hydrogens is 264 g/mol. The monoisotopic (exact) mass is 290 g/mol. The summed E-state index contributed by atoms with van der Waals surface area (Å²) in [6, 6.07) is 11.3. The number of thioether (sulfide) groups is 1. The van der Waals surface area contributed by atoms with Gasteiger partial charge in [-0.05, 0) is 56.7 Å². The van der Waals surface area contributed by atoms with Crippen molar-refractivity contribution < 1.29 is 0 Å². The summed E-state index contributed by atoms with van der Waals surface area (Å²) < 4.78 is 0. The Labute approximate surface area is 127 Å². The van der Waals surface area contributed by atoms with Gasteiger partial charge in [0.1, 0.15) is 0 Å². The zero-order chi connectivity index (χ0) is 13.9. The molecule has 2 aliphatic heterocycles. The Morgan fingerprint density at radius 1 is 1.15 bits per heavy atom. The van der Waals surface area contributed by atoms with Crippen LogP contribution in [0.2, 0.25) is 0 Å². The van der Waals surface area contributed by atoms with Gasteiger partial charge in [0.05, 0.1) is 0 Å². The molecule has 2 nitrogen and oxygen atoms in total. The van der Waals surface area contributed by atoms with Gasteiger partial charge in [-0.25, -0.2) is 0 Å². The lowest BCUT2D eigenvalue weighted by Crippen LogP contribution is -2.54. The fourth-order valence-corrected chi connectivity index (χ4v) is 4.20. The molecule has 2 saturated heterocycles. The molecule has 0 radical (unpaired) electrons. The molecule has 0 saturated carbocycles. The maximum Gasteiger partial charge on any atom is 0.0208 e. The van der Waals surface area contributed by atoms with Crippen molar-refractivity contribution in [2.75, 3.05) is 13.3 Å². The van der Waals surface area contributed by atoms with Crippen molar-refractivity contribution in [3.05, 3.63) is 29.8 Å². The minimum absolute atomic E-state index is 0.710. The summed E-state index contributed by atoms with van der Waals surface area (Å²) >= 11 is 1.81. The van der Waals surface area contributed by atoms with Crippen molar-refractivity contribution in [2.45, 2.75) is 61.7 Å². The summed E-state index contributed by atoms with van der Waals surface area (Å²) in [6.45, 7) is 1.02. The molecule has 2 bridgehead atoms. The minimum atomic E-state index is 0.710. The van der Waals surface area contributed by atoms with E-state index in [4.69, 9.17) is 0 Å². The summed E-state index contributed by atoms with van der Waals surface area (Å²) in [5.74, 6) is 0. The molecule has 2 atom stereocenters. The molecule has 2 aliphatic rings. The molecule has 0 spiro atoms. The third-order valence-electron chi connectivity index (χ3n) is 5.09. The molecule has 3 rings (SSSR count). The second-order valence-corrected chi connectivity index (χ2v) is 7.18. The molecule has 20 heavy (non-hydrogen) atoms. The topological polar surface area (TPSA) is 15.3 Å². The third-order valence-corrected chi connectivity index (χ3v) is 5.84. The number of nitrogens with zero attached hydrogens (tertiary/aromatic N) is 1. The van der Waals surface area contributed by atoms with Gasteiger partial charge in [-0.1, -0.05) is 18.6 Å². The van der Waals surface area contributed by atoms with E-state index in [1.54, 1.807) is 0 Å². The Balaban J connectivity index is 1.53. The lowest BCUT2D eigenvalue weighted by atomic mass is 9.82. The highest BCUT2D eigenvalue weighted by Crippen LogP contribution is 2.32. The average Bonchev–Trinajstić information content (AvgIpc) is 2.46. The minimum Gasteiger partial charge on any atom is -0.310 e. The first kappa shape index (κ1) is 14.4. The van der Waals surface area contributed by atoms with Crippen LogP contribution in [0.15, 0.2) is 29.2 Å². The summed E-state index contributed by atoms with van der Waals surface area (Å²) in [5, 5.41) is 3.79. The van der Waals surface area contributed by atoms with Gasteiger partial charge in [0.15, 0.2) is 0 Å². The SMILES string of the molecule is CSc1ccc(CNC2CC3CCCC(C2)N3C)cc1. The van der Waals surface area contributed by atoms with Crippen LogP contribution in [0.4, 0.5) is 0 Å². The molecule has 2 heterocycles. The van der Waals surface area contributed by atoms with Crippen LogP contribution in [-0.4, -0.2) is 36.3 Å². The molecule has 110 valence electrons. The van der Waals surface area contributed by atoms with E-state index in [1.165, 1.54) is 42.6 Å². The van der Waals surface area contributed by atoms with Gasteiger partial charge >= 0.3 is 0 Å². The summed E-state index contributed by atoms with van der Waals surface area (Å²) in [6.07, 6.45) is 9.01. The first-order valence-corrected chi connectivity index (χ1v) is 9.07. The van der Waals surface area contributed by atoms with Crippen LogP contribution in [0, 0.1) is 0 Å². The van der Waals surface area contributed by atoms with Crippen LogP contribution < -0.4 is 5.32 Å². The standard InChI is InChI=1S/C17H26N2S/c1-19-15-4-3-5-16(19)11-14(10-15)18-12-13-6-8-17(20-2)9-7-13/h6-9,14-16,18H,3-5,10-12H2,1-2H3. The van der Waals surface area contributed by atoms with Gasteiger partial charge in [0, 0.05) is 29.6 Å². The smallest absolute Gasteiger partial charge is 0.0208 e. The number of piperidine rings is 2. The van der Waals surface area contributed by atoms with E-state index in [0.29, 0.717) is 6.04 Å². The van der Waals surface area contributed by atoms with Gasteiger partial charge in [0.25, 0.3) is 0 Å². The van der Waals surface area contributed by atoms with Crippen LogP contribution in [-0.2, 0) is 6.54 Å². The highest BCUT2D eigenvalue weighted by Gasteiger charge is 2.35. The molecular formula is C17H26N2S. The van der Waals surface area contributed by atoms with Gasteiger partial charge in [0.2, 0.25) is 0 Å². The third kappa shape index (κ3) is 3.21. The van der Waals surface area contributed by atoms with Crippen molar-refractivity contribution in [1.29, 1.82) is 0 Å². The summed E-state index contributed by atoms with van der Waals surface area (Å²) in [4.78, 5) is 3.98. The largest absolute Gasteiger partial charge is 0.310 e. The summed E-state index contributed by atoms with van der Waals surface area (Å²) in [7, 11) is 2.33. The Kier molecular flexibility index (Phi) is 4.69. The molecule has 0 aromatic heterocycles. The molecule has 0 amide bonds. The van der Waals surface area contributed by atoms with Gasteiger partial charge in [-0.2, -0.15) is 0 Å². The van der Waals surface area contributed by atoms with Crippen molar-refractivity contribution in [3.8, 4) is 0 Å². The Morgan fingerprint density at radius 3 is 2.40 bits per heavy atom. The molecule has 2 fully saturated rings. The highest BCUT2D eigenvalue weighted by molar-refractivity contribution is 7.98. The van der Waals surface area contributed by atoms with Crippen LogP contribution in [0.1, 0.15) is 37.7 Å². The van der Waals surface area contributed by atoms with Gasteiger partial charge in [-0.15, -0.1) is 11.8 Å². The zero-order valence-electron chi connectivity index (χ0n) is 12.6. The number of hydrogen-bond donors (Lipinski definition) is 1. The second kappa shape index (κ2) is 6.50. The average molecular weight is 290 g/mol. The highest BCUT2D eigenvalue weighted by atomic mass is 32.2. The number of fused-ring (bicyclic) bond motifs is 2. The number of hydrogen-bond acceptors (Lipinski definition) is 3. The van der Waals surface area contributed by atoms with E-state index in [2.05, 4.69) is 47.8 Å². The fourth-order valence-electron chi connectivity index (χ4n) is 3.79. The Morgan fingerprint density at radius 2 is 1.80 bits per heavy atom. The molecule has 1 N–H and O–H groups in total. The lowest BCUT2D eigenvalue weighted by Gasteiger charge is -2.47. The predicted octanol–water partition coefficient (Wildman–Crippen LogP) is 3.51. The summed E-state index contributed by atoms with van der Waals surface area (Å²) in [5.41, 5.74) is 1.41. The van der Waals surface area contributed by atoms with E-state index in [9.17, 15) is 0 Å². The Bertz CT molecular complexity index is 417. The Hall–Kier alpha value is -0.510. The molecule has 3 heteroatoms. The first-order valence-electron chi connectivity index (χ1n) is 7.84. The maximum absolute atomic E-state index is 3.79. The maximum atomic E-state index is 3.79. The molecule has 2 unspecified atom stereocenters. The van der Waals surface area contributed by atoms with Crippen LogP contribution in [0.5, 0.6) is 0 Å². The molecule has 1 aromatic carbocycles. The number of nitrogens with one attached hydrogen (secondary N) is 1. The van der Waals surface area contributed by atoms with E-state index < -0.39 is 0 Å². The van der Waals surface area contributed by atoms with E-state index in [1.807, 2.05) is 11.8 Å². The lowest BCUT2D eigenvalue weighted by molar-refractivity contribution is 0.0482. The quantitative estimate of drug-likeness (QED) is 0.854. The van der Waals surface area contributed by atoms with E-state index in [-0.39, 0.29) is 0 Å². The predicted molar refractivity (Wildman–Crippen MR) is 87.3 cm³/mol. The second-order valence-electron chi connectivity index (χ2n) is 6.30. The van der Waals surface area contributed by atoms with Crippen molar-refractivity contribution in [3.63, 3.8) is 0 Å². The van der Waals surface area contributed by atoms with Crippen molar-refractivity contribution in [1.82, 2.24) is 10.2 Å². The van der Waals surface area contributed by atoms with Crippen LogP contribution >= 0.6 is 11.8 Å². The number of benzene rings is 1. The normalized spacial score (nSPS) is 30.4. The van der Waals surface area contributed by atoms with Crippen LogP contribution in [0.25, 0.3) is 0 Å². The van der Waals surface area contributed by atoms with E-state index >= 15 is 0 Å².